The summed E-state index contributed by atoms with van der Waals surface area (Å²) in [5, 5.41) is 9.42. The SMILES string of the molecule is Cc1ncccc1C(=O)N(C)c1cccc(O)c1. The molecule has 0 fully saturated rings. The van der Waals surface area contributed by atoms with E-state index in [1.807, 2.05) is 0 Å². The first-order valence-corrected chi connectivity index (χ1v) is 5.58. The van der Waals surface area contributed by atoms with Gasteiger partial charge in [-0.25, -0.2) is 0 Å². The summed E-state index contributed by atoms with van der Waals surface area (Å²) >= 11 is 0. The van der Waals surface area contributed by atoms with Gasteiger partial charge in [0.25, 0.3) is 5.91 Å². The van der Waals surface area contributed by atoms with Gasteiger partial charge in [-0.1, -0.05) is 6.07 Å². The van der Waals surface area contributed by atoms with Crippen LogP contribution in [0.3, 0.4) is 0 Å². The van der Waals surface area contributed by atoms with Crippen molar-refractivity contribution in [2.45, 2.75) is 6.92 Å². The summed E-state index contributed by atoms with van der Waals surface area (Å²) in [6.07, 6.45) is 1.65. The maximum Gasteiger partial charge on any atom is 0.259 e. The predicted octanol–water partition coefficient (Wildman–Crippen LogP) is 2.37. The summed E-state index contributed by atoms with van der Waals surface area (Å²) < 4.78 is 0. The number of hydrogen-bond donors (Lipinski definition) is 1. The number of aromatic hydroxyl groups is 1. The number of nitrogens with zero attached hydrogens (tertiary/aromatic N) is 2. The van der Waals surface area contributed by atoms with Gasteiger partial charge in [0.2, 0.25) is 0 Å². The molecule has 0 saturated carbocycles. The number of hydrogen-bond acceptors (Lipinski definition) is 3. The van der Waals surface area contributed by atoms with Crippen LogP contribution in [0.5, 0.6) is 5.75 Å². The molecule has 0 aliphatic rings. The van der Waals surface area contributed by atoms with E-state index in [2.05, 4.69) is 4.98 Å². The molecule has 0 aliphatic carbocycles. The standard InChI is InChI=1S/C14H14N2O2/c1-10-13(7-4-8-15-10)14(18)16(2)11-5-3-6-12(17)9-11/h3-9,17H,1-2H3. The highest BCUT2D eigenvalue weighted by atomic mass is 16.3. The van der Waals surface area contributed by atoms with Gasteiger partial charge in [0, 0.05) is 30.7 Å². The number of benzene rings is 1. The molecule has 1 N–H and O–H groups in total. The second-order valence-electron chi connectivity index (χ2n) is 4.02. The second-order valence-corrected chi connectivity index (χ2v) is 4.02. The van der Waals surface area contributed by atoms with Crippen molar-refractivity contribution in [1.82, 2.24) is 4.98 Å². The molecule has 92 valence electrons. The zero-order chi connectivity index (χ0) is 13.1. The van der Waals surface area contributed by atoms with Crippen LogP contribution >= 0.6 is 0 Å². The summed E-state index contributed by atoms with van der Waals surface area (Å²) in [6.45, 7) is 1.80. The molecule has 0 atom stereocenters. The minimum absolute atomic E-state index is 0.134. The Labute approximate surface area is 106 Å². The Balaban J connectivity index is 2.32. The fraction of sp³-hybridized carbons (Fsp3) is 0.143. The fourth-order valence-corrected chi connectivity index (χ4v) is 1.71. The largest absolute Gasteiger partial charge is 0.508 e. The lowest BCUT2D eigenvalue weighted by Crippen LogP contribution is -2.27. The number of carbonyl (C=O) groups excluding carboxylic acids is 1. The van der Waals surface area contributed by atoms with Crippen LogP contribution in [0.25, 0.3) is 0 Å². The molecule has 2 rings (SSSR count). The van der Waals surface area contributed by atoms with Crippen molar-refractivity contribution >= 4 is 11.6 Å². The Kier molecular flexibility index (Phi) is 3.28. The number of aromatic nitrogens is 1. The van der Waals surface area contributed by atoms with Crippen LogP contribution < -0.4 is 4.90 Å². The number of pyridine rings is 1. The van der Waals surface area contributed by atoms with Crippen LogP contribution in [0.2, 0.25) is 0 Å². The Morgan fingerprint density at radius 3 is 2.72 bits per heavy atom. The zero-order valence-corrected chi connectivity index (χ0v) is 10.3. The molecule has 1 aromatic heterocycles. The van der Waals surface area contributed by atoms with Gasteiger partial charge in [0.05, 0.1) is 5.56 Å². The van der Waals surface area contributed by atoms with E-state index in [1.165, 1.54) is 4.90 Å². The number of phenols is 1. The smallest absolute Gasteiger partial charge is 0.259 e. The van der Waals surface area contributed by atoms with Crippen molar-refractivity contribution in [2.24, 2.45) is 0 Å². The first-order valence-electron chi connectivity index (χ1n) is 5.58. The molecule has 1 amide bonds. The highest BCUT2D eigenvalue weighted by Crippen LogP contribution is 2.21. The number of anilines is 1. The Morgan fingerprint density at radius 2 is 2.06 bits per heavy atom. The average molecular weight is 242 g/mol. The average Bonchev–Trinajstić information content (AvgIpc) is 2.37. The van der Waals surface area contributed by atoms with E-state index in [4.69, 9.17) is 0 Å². The third kappa shape index (κ3) is 2.32. The number of aryl methyl sites for hydroxylation is 1. The summed E-state index contributed by atoms with van der Waals surface area (Å²) in [5.41, 5.74) is 1.89. The molecule has 4 nitrogen and oxygen atoms in total. The zero-order valence-electron chi connectivity index (χ0n) is 10.3. The van der Waals surface area contributed by atoms with Crippen LogP contribution in [-0.4, -0.2) is 23.0 Å². The van der Waals surface area contributed by atoms with Crippen molar-refractivity contribution in [3.63, 3.8) is 0 Å². The Hall–Kier alpha value is -2.36. The van der Waals surface area contributed by atoms with E-state index in [0.717, 1.165) is 0 Å². The van der Waals surface area contributed by atoms with Gasteiger partial charge >= 0.3 is 0 Å². The predicted molar refractivity (Wildman–Crippen MR) is 69.8 cm³/mol. The number of amides is 1. The molecule has 1 heterocycles. The molecule has 0 radical (unpaired) electrons. The monoisotopic (exact) mass is 242 g/mol. The van der Waals surface area contributed by atoms with Crippen molar-refractivity contribution in [1.29, 1.82) is 0 Å². The van der Waals surface area contributed by atoms with E-state index in [0.29, 0.717) is 16.9 Å². The van der Waals surface area contributed by atoms with Crippen LogP contribution in [0.4, 0.5) is 5.69 Å². The van der Waals surface area contributed by atoms with E-state index in [-0.39, 0.29) is 11.7 Å². The lowest BCUT2D eigenvalue weighted by atomic mass is 10.1. The van der Waals surface area contributed by atoms with Crippen molar-refractivity contribution in [2.75, 3.05) is 11.9 Å². The van der Waals surface area contributed by atoms with Gasteiger partial charge < -0.3 is 10.0 Å². The second kappa shape index (κ2) is 4.87. The van der Waals surface area contributed by atoms with E-state index in [9.17, 15) is 9.90 Å². The molecule has 0 spiro atoms. The third-order valence-corrected chi connectivity index (χ3v) is 2.76. The third-order valence-electron chi connectivity index (χ3n) is 2.76. The maximum absolute atomic E-state index is 12.3. The summed E-state index contributed by atoms with van der Waals surface area (Å²) in [6, 6.07) is 10.1. The molecule has 2 aromatic rings. The highest BCUT2D eigenvalue weighted by molar-refractivity contribution is 6.06. The Morgan fingerprint density at radius 1 is 1.28 bits per heavy atom. The van der Waals surface area contributed by atoms with Gasteiger partial charge in [-0.3, -0.25) is 9.78 Å². The normalized spacial score (nSPS) is 10.1. The maximum atomic E-state index is 12.3. The highest BCUT2D eigenvalue weighted by Gasteiger charge is 2.15. The van der Waals surface area contributed by atoms with Gasteiger partial charge in [-0.2, -0.15) is 0 Å². The molecular formula is C14H14N2O2. The minimum Gasteiger partial charge on any atom is -0.508 e. The summed E-state index contributed by atoms with van der Waals surface area (Å²) in [4.78, 5) is 17.9. The van der Waals surface area contributed by atoms with Crippen molar-refractivity contribution < 1.29 is 9.90 Å². The molecule has 1 aromatic carbocycles. The quantitative estimate of drug-likeness (QED) is 0.879. The van der Waals surface area contributed by atoms with Crippen LogP contribution in [0, 0.1) is 6.92 Å². The number of rotatable bonds is 2. The van der Waals surface area contributed by atoms with Crippen molar-refractivity contribution in [3.8, 4) is 5.75 Å². The Bertz CT molecular complexity index is 582. The van der Waals surface area contributed by atoms with Gasteiger partial charge in [-0.15, -0.1) is 0 Å². The molecule has 0 unspecified atom stereocenters. The topological polar surface area (TPSA) is 53.4 Å². The van der Waals surface area contributed by atoms with E-state index < -0.39 is 0 Å². The lowest BCUT2D eigenvalue weighted by Gasteiger charge is -2.18. The number of carbonyl (C=O) groups is 1. The first-order chi connectivity index (χ1) is 8.59. The van der Waals surface area contributed by atoms with Crippen molar-refractivity contribution in [3.05, 3.63) is 53.9 Å². The van der Waals surface area contributed by atoms with Crippen LogP contribution in [-0.2, 0) is 0 Å². The minimum atomic E-state index is -0.147. The van der Waals surface area contributed by atoms with Gasteiger partial charge in [-0.05, 0) is 31.2 Å². The molecule has 4 heteroatoms. The molecule has 0 saturated heterocycles. The van der Waals surface area contributed by atoms with Gasteiger partial charge in [0.1, 0.15) is 5.75 Å². The van der Waals surface area contributed by atoms with Crippen LogP contribution in [0.1, 0.15) is 16.1 Å². The summed E-state index contributed by atoms with van der Waals surface area (Å²) in [5.74, 6) is -0.0127. The van der Waals surface area contributed by atoms with Crippen LogP contribution in [0.15, 0.2) is 42.6 Å². The summed E-state index contributed by atoms with van der Waals surface area (Å²) in [7, 11) is 1.67. The fourth-order valence-electron chi connectivity index (χ4n) is 1.71. The van der Waals surface area contributed by atoms with E-state index in [1.54, 1.807) is 56.6 Å². The number of phenolic OH excluding ortho intramolecular Hbond substituents is 1. The first kappa shape index (κ1) is 12.1. The molecule has 0 bridgehead atoms. The molecular weight excluding hydrogens is 228 g/mol. The van der Waals surface area contributed by atoms with Gasteiger partial charge in [0.15, 0.2) is 0 Å². The molecule has 18 heavy (non-hydrogen) atoms. The lowest BCUT2D eigenvalue weighted by molar-refractivity contribution is 0.0992. The van der Waals surface area contributed by atoms with E-state index >= 15 is 0 Å². The molecule has 0 aliphatic heterocycles.